The van der Waals surface area contributed by atoms with Crippen molar-refractivity contribution in [2.45, 2.75) is 65.6 Å². The van der Waals surface area contributed by atoms with Crippen LogP contribution in [0, 0.1) is 20.8 Å². The summed E-state index contributed by atoms with van der Waals surface area (Å²) in [6, 6.07) is 17.4. The van der Waals surface area contributed by atoms with Gasteiger partial charge in [0.25, 0.3) is 5.91 Å². The van der Waals surface area contributed by atoms with Crippen LogP contribution in [0.3, 0.4) is 0 Å². The molecule has 0 saturated carbocycles. The minimum atomic E-state index is -0.00195. The number of H-pyrrole nitrogens is 1. The van der Waals surface area contributed by atoms with E-state index in [1.807, 2.05) is 56.6 Å². The Hall–Kier alpha value is -4.17. The lowest BCUT2D eigenvalue weighted by Gasteiger charge is -2.42. The van der Waals surface area contributed by atoms with Gasteiger partial charge in [0.1, 0.15) is 5.75 Å². The number of nitrogens with one attached hydrogen (secondary N) is 2. The fourth-order valence-corrected chi connectivity index (χ4v) is 6.25. The highest BCUT2D eigenvalue weighted by molar-refractivity contribution is 5.97. The maximum atomic E-state index is 13.1. The average molecular weight is 581 g/mol. The number of hydrogen-bond donors (Lipinski definition) is 2. The lowest BCUT2D eigenvalue weighted by atomic mass is 9.97. The van der Waals surface area contributed by atoms with Gasteiger partial charge < -0.3 is 19.9 Å². The summed E-state index contributed by atoms with van der Waals surface area (Å²) in [4.78, 5) is 22.6. The van der Waals surface area contributed by atoms with Gasteiger partial charge in [0.2, 0.25) is 0 Å². The zero-order chi connectivity index (χ0) is 30.3. The molecule has 1 atom stereocenters. The third-order valence-corrected chi connectivity index (χ3v) is 8.87. The van der Waals surface area contributed by atoms with E-state index >= 15 is 0 Å². The number of rotatable bonds is 11. The molecule has 2 N–H and O–H groups in total. The molecule has 1 aliphatic rings. The van der Waals surface area contributed by atoms with E-state index in [9.17, 15) is 4.79 Å². The predicted molar refractivity (Wildman–Crippen MR) is 173 cm³/mol. The van der Waals surface area contributed by atoms with E-state index in [4.69, 9.17) is 4.74 Å². The number of anilines is 1. The summed E-state index contributed by atoms with van der Waals surface area (Å²) >= 11 is 0. The zero-order valence-corrected chi connectivity index (χ0v) is 26.1. The second-order valence-electron chi connectivity index (χ2n) is 11.7. The number of aryl methyl sites for hydroxylation is 3. The van der Waals surface area contributed by atoms with Crippen LogP contribution in [0.25, 0.3) is 11.3 Å². The molecule has 1 unspecified atom stereocenters. The Labute approximate surface area is 255 Å². The SMILES string of the molecule is COc1ccc(N(Cc2cnccc2C)C2CCN(C(C)CCNC(=O)c3c(C)cc(-c4ccn[nH]4)cc3C)CC2)cc1. The van der Waals surface area contributed by atoms with Gasteiger partial charge in [0.05, 0.1) is 12.8 Å². The molecule has 1 saturated heterocycles. The number of carbonyl (C=O) groups is 1. The van der Waals surface area contributed by atoms with E-state index in [1.54, 1.807) is 13.3 Å². The maximum absolute atomic E-state index is 13.1. The molecule has 8 heteroatoms. The standard InChI is InChI=1S/C35H44N6O2/c1-24-10-15-36-22-29(24)23-41(30-6-8-32(43-5)9-7-30)31-13-18-40(19-14-31)27(4)11-16-37-35(42)34-25(2)20-28(21-26(34)3)33-12-17-38-39-33/h6-10,12,15,17,20-22,27,31H,11,13-14,16,18-19,23H2,1-5H3,(H,37,42)(H,38,39). The average Bonchev–Trinajstić information content (AvgIpc) is 3.56. The number of pyridine rings is 1. The highest BCUT2D eigenvalue weighted by Crippen LogP contribution is 2.29. The highest BCUT2D eigenvalue weighted by Gasteiger charge is 2.28. The van der Waals surface area contributed by atoms with Crippen molar-refractivity contribution in [1.82, 2.24) is 25.4 Å². The topological polar surface area (TPSA) is 86.4 Å². The molecule has 1 fully saturated rings. The smallest absolute Gasteiger partial charge is 0.251 e. The van der Waals surface area contributed by atoms with Crippen LogP contribution >= 0.6 is 0 Å². The van der Waals surface area contributed by atoms with E-state index < -0.39 is 0 Å². The molecular weight excluding hydrogens is 536 g/mol. The minimum Gasteiger partial charge on any atom is -0.497 e. The van der Waals surface area contributed by atoms with Gasteiger partial charge in [0.15, 0.2) is 0 Å². The van der Waals surface area contributed by atoms with Crippen LogP contribution < -0.4 is 15.0 Å². The summed E-state index contributed by atoms with van der Waals surface area (Å²) in [6.45, 7) is 12.0. The van der Waals surface area contributed by atoms with Crippen LogP contribution in [-0.2, 0) is 6.54 Å². The van der Waals surface area contributed by atoms with Crippen LogP contribution in [0.15, 0.2) is 67.1 Å². The van der Waals surface area contributed by atoms with Crippen LogP contribution in [0.5, 0.6) is 5.75 Å². The number of hydrogen-bond acceptors (Lipinski definition) is 6. The molecule has 2 aromatic heterocycles. The van der Waals surface area contributed by atoms with E-state index in [-0.39, 0.29) is 5.91 Å². The van der Waals surface area contributed by atoms with E-state index in [2.05, 4.69) is 62.3 Å². The molecule has 3 heterocycles. The van der Waals surface area contributed by atoms with E-state index in [0.717, 1.165) is 72.6 Å². The lowest BCUT2D eigenvalue weighted by Crippen LogP contribution is -2.48. The first-order valence-corrected chi connectivity index (χ1v) is 15.3. The number of likely N-dealkylation sites (tertiary alicyclic amines) is 1. The molecule has 4 aromatic rings. The van der Waals surface area contributed by atoms with Crippen molar-refractivity contribution in [3.63, 3.8) is 0 Å². The van der Waals surface area contributed by atoms with Crippen molar-refractivity contribution in [2.24, 2.45) is 0 Å². The fourth-order valence-electron chi connectivity index (χ4n) is 6.25. The summed E-state index contributed by atoms with van der Waals surface area (Å²) in [7, 11) is 1.70. The molecule has 226 valence electrons. The number of ether oxygens (including phenoxy) is 1. The first kappa shape index (κ1) is 30.3. The van der Waals surface area contributed by atoms with Gasteiger partial charge in [-0.2, -0.15) is 5.10 Å². The van der Waals surface area contributed by atoms with Gasteiger partial charge in [-0.05, 0) is 118 Å². The number of benzene rings is 2. The highest BCUT2D eigenvalue weighted by atomic mass is 16.5. The molecular formula is C35H44N6O2. The largest absolute Gasteiger partial charge is 0.497 e. The number of piperidine rings is 1. The first-order chi connectivity index (χ1) is 20.8. The molecule has 0 radical (unpaired) electrons. The monoisotopic (exact) mass is 580 g/mol. The Balaban J connectivity index is 1.16. The van der Waals surface area contributed by atoms with Crippen molar-refractivity contribution in [1.29, 1.82) is 0 Å². The van der Waals surface area contributed by atoms with Crippen molar-refractivity contribution < 1.29 is 9.53 Å². The van der Waals surface area contributed by atoms with Gasteiger partial charge >= 0.3 is 0 Å². The first-order valence-electron chi connectivity index (χ1n) is 15.3. The number of aromatic nitrogens is 3. The summed E-state index contributed by atoms with van der Waals surface area (Å²) in [5.41, 5.74) is 8.44. The fraction of sp³-hybridized carbons (Fsp3) is 0.400. The van der Waals surface area contributed by atoms with Crippen molar-refractivity contribution in [2.75, 3.05) is 31.6 Å². The number of amides is 1. The van der Waals surface area contributed by atoms with E-state index in [0.29, 0.717) is 18.6 Å². The number of carbonyl (C=O) groups excluding carboxylic acids is 1. The summed E-state index contributed by atoms with van der Waals surface area (Å²) in [6.07, 6.45) is 8.68. The van der Waals surface area contributed by atoms with Gasteiger partial charge in [-0.1, -0.05) is 0 Å². The molecule has 43 heavy (non-hydrogen) atoms. The van der Waals surface area contributed by atoms with Crippen LogP contribution in [0.4, 0.5) is 5.69 Å². The van der Waals surface area contributed by atoms with Crippen molar-refractivity contribution in [3.8, 4) is 17.0 Å². The maximum Gasteiger partial charge on any atom is 0.251 e. The third-order valence-electron chi connectivity index (χ3n) is 8.87. The van der Waals surface area contributed by atoms with Crippen LogP contribution in [-0.4, -0.2) is 64.8 Å². The predicted octanol–water partition coefficient (Wildman–Crippen LogP) is 6.09. The zero-order valence-electron chi connectivity index (χ0n) is 26.1. The lowest BCUT2D eigenvalue weighted by molar-refractivity contribution is 0.0944. The molecule has 1 aliphatic heterocycles. The van der Waals surface area contributed by atoms with Gasteiger partial charge in [-0.15, -0.1) is 0 Å². The van der Waals surface area contributed by atoms with Crippen molar-refractivity contribution >= 4 is 11.6 Å². The van der Waals surface area contributed by atoms with Crippen LogP contribution in [0.2, 0.25) is 0 Å². The molecule has 1 amide bonds. The summed E-state index contributed by atoms with van der Waals surface area (Å²) in [5.74, 6) is 0.867. The summed E-state index contributed by atoms with van der Waals surface area (Å²) < 4.78 is 5.41. The Kier molecular flexibility index (Phi) is 9.77. The number of methoxy groups -OCH3 is 1. The number of nitrogens with zero attached hydrogens (tertiary/aromatic N) is 4. The molecule has 0 aliphatic carbocycles. The van der Waals surface area contributed by atoms with Crippen molar-refractivity contribution in [3.05, 3.63) is 94.9 Å². The molecule has 0 bridgehead atoms. The third kappa shape index (κ3) is 7.25. The minimum absolute atomic E-state index is 0.00195. The Bertz CT molecular complexity index is 1470. The Morgan fingerprint density at radius 2 is 1.77 bits per heavy atom. The normalized spacial score (nSPS) is 14.8. The number of aromatic amines is 1. The van der Waals surface area contributed by atoms with Gasteiger partial charge in [-0.25, -0.2) is 0 Å². The molecule has 8 nitrogen and oxygen atoms in total. The molecule has 2 aromatic carbocycles. The van der Waals surface area contributed by atoms with Gasteiger partial charge in [0, 0.05) is 73.7 Å². The molecule has 5 rings (SSSR count). The second-order valence-corrected chi connectivity index (χ2v) is 11.7. The Morgan fingerprint density at radius 1 is 1.05 bits per heavy atom. The second kappa shape index (κ2) is 13.9. The molecule has 0 spiro atoms. The quantitative estimate of drug-likeness (QED) is 0.224. The summed E-state index contributed by atoms with van der Waals surface area (Å²) in [5, 5.41) is 10.2. The van der Waals surface area contributed by atoms with Crippen LogP contribution in [0.1, 0.15) is 58.8 Å². The Morgan fingerprint density at radius 3 is 2.40 bits per heavy atom. The van der Waals surface area contributed by atoms with Gasteiger partial charge in [-0.3, -0.25) is 14.9 Å². The van der Waals surface area contributed by atoms with E-state index in [1.165, 1.54) is 16.8 Å².